The van der Waals surface area contributed by atoms with Crippen LogP contribution in [0.1, 0.15) is 44.9 Å². The third-order valence-electron chi connectivity index (χ3n) is 4.63. The number of allylic oxidation sites excluding steroid dienone is 2. The van der Waals surface area contributed by atoms with E-state index in [-0.39, 0.29) is 10.8 Å². The number of sulfonamides is 1. The molecule has 3 rings (SSSR count). The highest BCUT2D eigenvalue weighted by Crippen LogP contribution is 2.21. The molecule has 1 aromatic carbocycles. The monoisotopic (exact) mass is 375 g/mol. The number of anilines is 1. The van der Waals surface area contributed by atoms with Crippen LogP contribution in [0.25, 0.3) is 0 Å². The molecule has 1 amide bonds. The first-order chi connectivity index (χ1) is 12.5. The van der Waals surface area contributed by atoms with Crippen LogP contribution in [0.2, 0.25) is 0 Å². The van der Waals surface area contributed by atoms with E-state index in [0.717, 1.165) is 32.1 Å². The first-order valence-electron chi connectivity index (χ1n) is 9.16. The number of nitrogens with zero attached hydrogens (tertiary/aromatic N) is 1. The van der Waals surface area contributed by atoms with Gasteiger partial charge in [0.25, 0.3) is 10.0 Å². The average Bonchev–Trinajstić information content (AvgIpc) is 2.98. The maximum absolute atomic E-state index is 12.5. The number of carbonyl (C=O) groups is 1. The molecule has 0 radical (unpaired) electrons. The van der Waals surface area contributed by atoms with E-state index >= 15 is 0 Å². The number of aliphatic imine (C=N–C) groups is 1. The Kier molecular flexibility index (Phi) is 6.08. The highest BCUT2D eigenvalue weighted by molar-refractivity contribution is 7.90. The van der Waals surface area contributed by atoms with E-state index in [1.165, 1.54) is 12.1 Å². The van der Waals surface area contributed by atoms with Gasteiger partial charge in [0.1, 0.15) is 5.84 Å². The summed E-state index contributed by atoms with van der Waals surface area (Å²) in [4.78, 5) is 16.5. The van der Waals surface area contributed by atoms with E-state index in [1.807, 2.05) is 0 Å². The third-order valence-corrected chi connectivity index (χ3v) is 6.03. The molecule has 0 saturated heterocycles. The highest BCUT2D eigenvalue weighted by atomic mass is 32.2. The van der Waals surface area contributed by atoms with Crippen molar-refractivity contribution in [1.29, 1.82) is 0 Å². The molecule has 0 aromatic heterocycles. The SMILES string of the molecule is O=C(C[C@H]1C=CCC1)Nc1ccc(S(=O)(=O)NC2=NCCCCC2)cc1. The number of hydrogen-bond donors (Lipinski definition) is 2. The summed E-state index contributed by atoms with van der Waals surface area (Å²) in [6, 6.07) is 6.24. The molecule has 0 bridgehead atoms. The first kappa shape index (κ1) is 18.6. The van der Waals surface area contributed by atoms with Crippen LogP contribution in [0.3, 0.4) is 0 Å². The van der Waals surface area contributed by atoms with Crippen molar-refractivity contribution in [3.8, 4) is 0 Å². The zero-order chi connectivity index (χ0) is 18.4. The molecule has 6 nitrogen and oxygen atoms in total. The maximum atomic E-state index is 12.5. The number of hydrogen-bond acceptors (Lipinski definition) is 4. The van der Waals surface area contributed by atoms with Crippen molar-refractivity contribution in [2.24, 2.45) is 10.9 Å². The number of benzene rings is 1. The molecule has 7 heteroatoms. The van der Waals surface area contributed by atoms with E-state index in [1.54, 1.807) is 12.1 Å². The second kappa shape index (κ2) is 8.49. The maximum Gasteiger partial charge on any atom is 0.262 e. The van der Waals surface area contributed by atoms with Gasteiger partial charge in [0.05, 0.1) is 4.90 Å². The Hall–Kier alpha value is -2.15. The minimum Gasteiger partial charge on any atom is -0.326 e. The van der Waals surface area contributed by atoms with Gasteiger partial charge in [-0.1, -0.05) is 18.6 Å². The second-order valence-corrected chi connectivity index (χ2v) is 8.47. The van der Waals surface area contributed by atoms with Gasteiger partial charge in [0, 0.05) is 25.1 Å². The topological polar surface area (TPSA) is 87.6 Å². The minimum absolute atomic E-state index is 0.0527. The molecule has 1 aromatic rings. The molecule has 2 aliphatic rings. The summed E-state index contributed by atoms with van der Waals surface area (Å²) in [5.41, 5.74) is 0.600. The summed E-state index contributed by atoms with van der Waals surface area (Å²) in [6.45, 7) is 0.666. The molecule has 1 heterocycles. The number of carbonyl (C=O) groups excluding carboxylic acids is 1. The van der Waals surface area contributed by atoms with Gasteiger partial charge in [-0.15, -0.1) is 0 Å². The number of nitrogens with one attached hydrogen (secondary N) is 2. The largest absolute Gasteiger partial charge is 0.326 e. The molecule has 1 aliphatic heterocycles. The summed E-state index contributed by atoms with van der Waals surface area (Å²) in [5, 5.41) is 2.83. The summed E-state index contributed by atoms with van der Waals surface area (Å²) in [7, 11) is -3.64. The van der Waals surface area contributed by atoms with Crippen molar-refractivity contribution in [2.45, 2.75) is 49.8 Å². The second-order valence-electron chi connectivity index (χ2n) is 6.79. The van der Waals surface area contributed by atoms with Crippen LogP contribution in [-0.2, 0) is 14.8 Å². The molecular weight excluding hydrogens is 350 g/mol. The molecule has 1 aliphatic carbocycles. The van der Waals surface area contributed by atoms with Gasteiger partial charge in [-0.3, -0.25) is 14.5 Å². The van der Waals surface area contributed by atoms with Crippen LogP contribution in [0.5, 0.6) is 0 Å². The average molecular weight is 375 g/mol. The lowest BCUT2D eigenvalue weighted by molar-refractivity contribution is -0.116. The van der Waals surface area contributed by atoms with Crippen molar-refractivity contribution < 1.29 is 13.2 Å². The molecule has 0 unspecified atom stereocenters. The van der Waals surface area contributed by atoms with Crippen molar-refractivity contribution >= 4 is 27.5 Å². The Labute approximate surface area is 154 Å². The molecule has 0 saturated carbocycles. The summed E-state index contributed by atoms with van der Waals surface area (Å²) in [6.07, 6.45) is 10.3. The van der Waals surface area contributed by atoms with E-state index in [9.17, 15) is 13.2 Å². The quantitative estimate of drug-likeness (QED) is 0.775. The van der Waals surface area contributed by atoms with Gasteiger partial charge in [-0.25, -0.2) is 8.42 Å². The van der Waals surface area contributed by atoms with Crippen LogP contribution in [0.4, 0.5) is 5.69 Å². The van der Waals surface area contributed by atoms with Gasteiger partial charge in [0.2, 0.25) is 5.91 Å². The van der Waals surface area contributed by atoms with Crippen molar-refractivity contribution in [3.63, 3.8) is 0 Å². The van der Waals surface area contributed by atoms with E-state index in [0.29, 0.717) is 36.8 Å². The van der Waals surface area contributed by atoms with Crippen LogP contribution in [-0.4, -0.2) is 26.7 Å². The molecule has 0 spiro atoms. The fourth-order valence-corrected chi connectivity index (χ4v) is 4.29. The van der Waals surface area contributed by atoms with Crippen LogP contribution in [0, 0.1) is 5.92 Å². The predicted octanol–water partition coefficient (Wildman–Crippen LogP) is 3.23. The summed E-state index contributed by atoms with van der Waals surface area (Å²) in [5.74, 6) is 0.784. The lowest BCUT2D eigenvalue weighted by Gasteiger charge is -2.11. The molecule has 26 heavy (non-hydrogen) atoms. The molecular formula is C19H25N3O3S. The van der Waals surface area contributed by atoms with Crippen molar-refractivity contribution in [1.82, 2.24) is 4.72 Å². The Balaban J connectivity index is 1.59. The number of amidine groups is 1. The zero-order valence-corrected chi connectivity index (χ0v) is 15.6. The Morgan fingerprint density at radius 2 is 1.96 bits per heavy atom. The summed E-state index contributed by atoms with van der Waals surface area (Å²) < 4.78 is 27.6. The zero-order valence-electron chi connectivity index (χ0n) is 14.8. The smallest absolute Gasteiger partial charge is 0.262 e. The van der Waals surface area contributed by atoms with Gasteiger partial charge < -0.3 is 5.32 Å². The number of amides is 1. The Morgan fingerprint density at radius 3 is 2.69 bits per heavy atom. The van der Waals surface area contributed by atoms with Crippen molar-refractivity contribution in [3.05, 3.63) is 36.4 Å². The molecule has 140 valence electrons. The van der Waals surface area contributed by atoms with Crippen LogP contribution < -0.4 is 10.0 Å². The number of rotatable bonds is 5. The standard InChI is InChI=1S/C19H25N3O3S/c23-19(14-15-6-3-4-7-15)21-16-9-11-17(12-10-16)26(24,25)22-18-8-2-1-5-13-20-18/h3,6,9-12,15H,1-2,4-5,7-8,13-14H2,(H,20,22)(H,21,23)/t15-/m0/s1. The fourth-order valence-electron chi connectivity index (χ4n) is 3.20. The third kappa shape index (κ3) is 5.17. The minimum atomic E-state index is -3.64. The fraction of sp³-hybridized carbons (Fsp3) is 0.474. The lowest BCUT2D eigenvalue weighted by atomic mass is 10.1. The van der Waals surface area contributed by atoms with Crippen LogP contribution >= 0.6 is 0 Å². The van der Waals surface area contributed by atoms with E-state index < -0.39 is 10.0 Å². The first-order valence-corrected chi connectivity index (χ1v) is 10.6. The normalized spacial score (nSPS) is 20.3. The van der Waals surface area contributed by atoms with E-state index in [2.05, 4.69) is 27.2 Å². The molecule has 1 atom stereocenters. The Bertz CT molecular complexity index is 798. The van der Waals surface area contributed by atoms with Gasteiger partial charge in [0.15, 0.2) is 0 Å². The van der Waals surface area contributed by atoms with Crippen molar-refractivity contribution in [2.75, 3.05) is 11.9 Å². The highest BCUT2D eigenvalue weighted by Gasteiger charge is 2.18. The van der Waals surface area contributed by atoms with Gasteiger partial charge in [-0.2, -0.15) is 0 Å². The molecule has 2 N–H and O–H groups in total. The van der Waals surface area contributed by atoms with Gasteiger partial charge >= 0.3 is 0 Å². The molecule has 0 fully saturated rings. The lowest BCUT2D eigenvalue weighted by Crippen LogP contribution is -2.30. The van der Waals surface area contributed by atoms with Crippen LogP contribution in [0.15, 0.2) is 46.3 Å². The van der Waals surface area contributed by atoms with Gasteiger partial charge in [-0.05, 0) is 55.9 Å². The van der Waals surface area contributed by atoms with E-state index in [4.69, 9.17) is 0 Å². The Morgan fingerprint density at radius 1 is 1.15 bits per heavy atom. The summed E-state index contributed by atoms with van der Waals surface area (Å²) >= 11 is 0. The predicted molar refractivity (Wildman–Crippen MR) is 103 cm³/mol.